The van der Waals surface area contributed by atoms with Crippen molar-refractivity contribution in [3.8, 4) is 0 Å². The van der Waals surface area contributed by atoms with Gasteiger partial charge in [-0.05, 0) is 31.6 Å². The van der Waals surface area contributed by atoms with E-state index >= 15 is 0 Å². The highest BCUT2D eigenvalue weighted by atomic mass is 31.2. The Morgan fingerprint density at radius 3 is 0.934 bits per heavy atom. The minimum atomic E-state index is -4.93. The highest BCUT2D eigenvalue weighted by molar-refractivity contribution is 7.47. The molecule has 0 aliphatic carbocycles. The van der Waals surface area contributed by atoms with Crippen LogP contribution >= 0.6 is 15.6 Å². The van der Waals surface area contributed by atoms with Crippen molar-refractivity contribution >= 4 is 39.5 Å². The number of esters is 4. The lowest BCUT2D eigenvalue weighted by Crippen LogP contribution is -2.30. The molecule has 0 aromatic carbocycles. The van der Waals surface area contributed by atoms with Crippen LogP contribution in [0.4, 0.5) is 0 Å². The monoisotopic (exact) mass is 1130 g/mol. The van der Waals surface area contributed by atoms with E-state index in [4.69, 9.17) is 37.0 Å². The van der Waals surface area contributed by atoms with Gasteiger partial charge in [0, 0.05) is 25.7 Å². The first-order chi connectivity index (χ1) is 36.6. The molecule has 3 N–H and O–H groups in total. The van der Waals surface area contributed by atoms with Crippen molar-refractivity contribution in [2.45, 2.75) is 297 Å². The number of phosphoric ester groups is 2. The fourth-order valence-electron chi connectivity index (χ4n) is 8.31. The normalized spacial score (nSPS) is 14.8. The highest BCUT2D eigenvalue weighted by Crippen LogP contribution is 2.45. The van der Waals surface area contributed by atoms with Gasteiger partial charge in [-0.2, -0.15) is 0 Å². The van der Waals surface area contributed by atoms with Crippen LogP contribution < -0.4 is 0 Å². The van der Waals surface area contributed by atoms with Gasteiger partial charge in [-0.15, -0.1) is 0 Å². The van der Waals surface area contributed by atoms with E-state index in [0.29, 0.717) is 25.7 Å². The van der Waals surface area contributed by atoms with Crippen LogP contribution in [-0.2, 0) is 65.4 Å². The molecular formula is C57H110O17P2. The van der Waals surface area contributed by atoms with E-state index in [1.165, 1.54) is 77.0 Å². The molecule has 0 spiro atoms. The third-order valence-corrected chi connectivity index (χ3v) is 15.3. The zero-order valence-electron chi connectivity index (χ0n) is 48.4. The topological polar surface area (TPSA) is 237 Å². The second kappa shape index (κ2) is 51.2. The molecule has 17 nitrogen and oxygen atoms in total. The van der Waals surface area contributed by atoms with Gasteiger partial charge in [0.25, 0.3) is 0 Å². The van der Waals surface area contributed by atoms with E-state index in [1.54, 1.807) is 0 Å². The Balaban J connectivity index is 5.21. The molecule has 0 aliphatic rings. The number of carbonyl (C=O) groups excluding carboxylic acids is 4. The maximum atomic E-state index is 12.9. The molecule has 0 radical (unpaired) electrons. The van der Waals surface area contributed by atoms with Gasteiger partial charge in [-0.3, -0.25) is 37.3 Å². The van der Waals surface area contributed by atoms with Gasteiger partial charge in [-0.1, -0.05) is 227 Å². The number of hydrogen-bond donors (Lipinski definition) is 3. The van der Waals surface area contributed by atoms with E-state index in [2.05, 4.69) is 34.6 Å². The standard InChI is InChI=1S/C57H110O17P2/c1-6-10-13-16-19-21-22-23-26-33-38-43-57(62)74-53(47-68-55(60)41-36-31-28-27-29-34-39-50(5)9-4)49-72-76(65,66)70-45-51(58)44-69-75(63,64)71-48-52(46-67-54(59)40-35-30-24-18-15-12-8-3)73-56(61)42-37-32-25-20-17-14-11-7-2/h50-53,58H,6-49H2,1-5H3,(H,63,64)(H,65,66)/t50?,51-,52+,53+/m0/s1. The summed E-state index contributed by atoms with van der Waals surface area (Å²) in [5.41, 5.74) is 0. The molecule has 0 aromatic heterocycles. The predicted octanol–water partition coefficient (Wildman–Crippen LogP) is 15.1. The minimum absolute atomic E-state index is 0.104. The maximum Gasteiger partial charge on any atom is 0.472 e. The molecule has 0 bridgehead atoms. The van der Waals surface area contributed by atoms with Crippen LogP contribution in [0.5, 0.6) is 0 Å². The van der Waals surface area contributed by atoms with Crippen LogP contribution in [0.15, 0.2) is 0 Å². The predicted molar refractivity (Wildman–Crippen MR) is 298 cm³/mol. The third kappa shape index (κ3) is 50.3. The molecule has 0 rings (SSSR count). The summed E-state index contributed by atoms with van der Waals surface area (Å²) in [6.45, 7) is 7.03. The Bertz CT molecular complexity index is 1500. The number of carbonyl (C=O) groups is 4. The molecular weight excluding hydrogens is 1020 g/mol. The fourth-order valence-corrected chi connectivity index (χ4v) is 9.89. The second-order valence-electron chi connectivity index (χ2n) is 20.9. The Labute approximate surface area is 460 Å². The summed E-state index contributed by atoms with van der Waals surface area (Å²) in [5, 5.41) is 10.5. The first-order valence-corrected chi connectivity index (χ1v) is 33.2. The fraction of sp³-hybridized carbons (Fsp3) is 0.930. The minimum Gasteiger partial charge on any atom is -0.462 e. The van der Waals surface area contributed by atoms with E-state index < -0.39 is 97.5 Å². The van der Waals surface area contributed by atoms with Crippen molar-refractivity contribution in [3.63, 3.8) is 0 Å². The first kappa shape index (κ1) is 74.1. The number of hydrogen-bond acceptors (Lipinski definition) is 15. The van der Waals surface area contributed by atoms with Crippen molar-refractivity contribution in [2.24, 2.45) is 5.92 Å². The summed E-state index contributed by atoms with van der Waals surface area (Å²) in [6.07, 6.45) is 32.2. The number of unbranched alkanes of at least 4 members (excludes halogenated alkanes) is 28. The third-order valence-electron chi connectivity index (χ3n) is 13.4. The van der Waals surface area contributed by atoms with E-state index in [0.717, 1.165) is 121 Å². The van der Waals surface area contributed by atoms with Crippen molar-refractivity contribution < 1.29 is 80.2 Å². The van der Waals surface area contributed by atoms with Crippen LogP contribution in [-0.4, -0.2) is 96.7 Å². The smallest absolute Gasteiger partial charge is 0.462 e. The Hall–Kier alpha value is -1.94. The molecule has 0 aromatic rings. The van der Waals surface area contributed by atoms with Gasteiger partial charge >= 0.3 is 39.5 Å². The van der Waals surface area contributed by atoms with Crippen LogP contribution in [0.2, 0.25) is 0 Å². The van der Waals surface area contributed by atoms with E-state index in [1.807, 2.05) is 0 Å². The van der Waals surface area contributed by atoms with E-state index in [9.17, 15) is 43.2 Å². The van der Waals surface area contributed by atoms with Crippen molar-refractivity contribution in [2.75, 3.05) is 39.6 Å². The zero-order valence-corrected chi connectivity index (χ0v) is 50.2. The van der Waals surface area contributed by atoms with Crippen molar-refractivity contribution in [1.82, 2.24) is 0 Å². The van der Waals surface area contributed by atoms with Crippen LogP contribution in [0.25, 0.3) is 0 Å². The summed E-state index contributed by atoms with van der Waals surface area (Å²) >= 11 is 0. The molecule has 0 saturated carbocycles. The van der Waals surface area contributed by atoms with Gasteiger partial charge < -0.3 is 33.8 Å². The largest absolute Gasteiger partial charge is 0.472 e. The SMILES string of the molecule is CCCCCCCCCCCCCC(=O)O[C@H](COC(=O)CCCCCCCCC(C)CC)COP(=O)(O)OC[C@@H](O)COP(=O)(O)OC[C@@H](COC(=O)CCCCCCCCC)OC(=O)CCCCCCCCCC. The molecule has 0 amide bonds. The van der Waals surface area contributed by atoms with Crippen molar-refractivity contribution in [3.05, 3.63) is 0 Å². The van der Waals surface area contributed by atoms with Crippen LogP contribution in [0, 0.1) is 5.92 Å². The van der Waals surface area contributed by atoms with Gasteiger partial charge in [0.2, 0.25) is 0 Å². The van der Waals surface area contributed by atoms with Gasteiger partial charge in [-0.25, -0.2) is 9.13 Å². The van der Waals surface area contributed by atoms with Gasteiger partial charge in [0.15, 0.2) is 12.2 Å². The first-order valence-electron chi connectivity index (χ1n) is 30.2. The Morgan fingerprint density at radius 2 is 0.632 bits per heavy atom. The maximum absolute atomic E-state index is 12.9. The molecule has 19 heteroatoms. The number of aliphatic hydroxyl groups is 1. The second-order valence-corrected chi connectivity index (χ2v) is 23.8. The Kier molecular flexibility index (Phi) is 49.9. The molecule has 0 aliphatic heterocycles. The average Bonchev–Trinajstić information content (AvgIpc) is 3.39. The zero-order chi connectivity index (χ0) is 56.4. The van der Waals surface area contributed by atoms with Gasteiger partial charge in [0.1, 0.15) is 19.3 Å². The molecule has 76 heavy (non-hydrogen) atoms. The quantitative estimate of drug-likeness (QED) is 0.0222. The summed E-state index contributed by atoms with van der Waals surface area (Å²) in [5.74, 6) is -1.42. The average molecular weight is 1130 g/mol. The Morgan fingerprint density at radius 1 is 0.368 bits per heavy atom. The van der Waals surface area contributed by atoms with Gasteiger partial charge in [0.05, 0.1) is 26.4 Å². The molecule has 0 fully saturated rings. The van der Waals surface area contributed by atoms with Crippen LogP contribution in [0.3, 0.4) is 0 Å². The van der Waals surface area contributed by atoms with Crippen molar-refractivity contribution in [1.29, 1.82) is 0 Å². The lowest BCUT2D eigenvalue weighted by atomic mass is 10.00. The summed E-state index contributed by atoms with van der Waals surface area (Å²) in [4.78, 5) is 71.7. The number of rotatable bonds is 57. The molecule has 450 valence electrons. The van der Waals surface area contributed by atoms with E-state index in [-0.39, 0.29) is 25.7 Å². The lowest BCUT2D eigenvalue weighted by molar-refractivity contribution is -0.161. The number of ether oxygens (including phenoxy) is 4. The molecule has 0 heterocycles. The number of phosphoric acid groups is 2. The summed E-state index contributed by atoms with van der Waals surface area (Å²) in [7, 11) is -9.86. The van der Waals surface area contributed by atoms with Crippen LogP contribution in [0.1, 0.15) is 279 Å². The summed E-state index contributed by atoms with van der Waals surface area (Å²) < 4.78 is 67.5. The molecule has 6 atom stereocenters. The highest BCUT2D eigenvalue weighted by Gasteiger charge is 2.30. The number of aliphatic hydroxyl groups excluding tert-OH is 1. The molecule has 0 saturated heterocycles. The lowest BCUT2D eigenvalue weighted by Gasteiger charge is -2.21. The molecule has 3 unspecified atom stereocenters. The summed E-state index contributed by atoms with van der Waals surface area (Å²) in [6, 6.07) is 0.